The van der Waals surface area contributed by atoms with Gasteiger partial charge in [-0.1, -0.05) is 54.6 Å². The second kappa shape index (κ2) is 17.0. The zero-order valence-corrected chi connectivity index (χ0v) is 26.6. The van der Waals surface area contributed by atoms with Crippen molar-refractivity contribution in [1.29, 1.82) is 0 Å². The standard InChI is InChI=1S/C35H35NO13/c1-3-44-33(41)25(34(42)45-4-2)20-36-35(43)29(48-32(40)24-18-12-7-13-19-24)28(47-31(39)23-16-10-6-11-17-23)27(37)26(49-35)21-46-30(38)22-14-8-5-9-15-22/h5-20,26-29,36-37,43H,3-4,21H2,1-2H3/t26-,27+,28+,29-,35-/m1/s1. The van der Waals surface area contributed by atoms with E-state index in [1.807, 2.05) is 0 Å². The summed E-state index contributed by atoms with van der Waals surface area (Å²) < 4.78 is 32.3. The van der Waals surface area contributed by atoms with Gasteiger partial charge in [-0.25, -0.2) is 24.0 Å². The van der Waals surface area contributed by atoms with E-state index in [2.05, 4.69) is 5.32 Å². The largest absolute Gasteiger partial charge is 0.462 e. The lowest BCUT2D eigenvalue weighted by molar-refractivity contribution is -0.355. The Kier molecular flexibility index (Phi) is 12.6. The number of ether oxygens (including phenoxy) is 6. The lowest BCUT2D eigenvalue weighted by Crippen LogP contribution is -2.71. The second-order valence-electron chi connectivity index (χ2n) is 10.4. The summed E-state index contributed by atoms with van der Waals surface area (Å²) in [5.74, 6) is -8.05. The van der Waals surface area contributed by atoms with Gasteiger partial charge in [-0.3, -0.25) is 0 Å². The third-order valence-electron chi connectivity index (χ3n) is 7.03. The molecule has 3 aromatic rings. The fourth-order valence-corrected chi connectivity index (χ4v) is 4.64. The summed E-state index contributed by atoms with van der Waals surface area (Å²) in [5.41, 5.74) is -0.491. The number of carbonyl (C=O) groups excluding carboxylic acids is 5. The van der Waals surface area contributed by atoms with Crippen molar-refractivity contribution in [1.82, 2.24) is 5.32 Å². The van der Waals surface area contributed by atoms with E-state index < -0.39 is 72.4 Å². The highest BCUT2D eigenvalue weighted by Crippen LogP contribution is 2.33. The van der Waals surface area contributed by atoms with Gasteiger partial charge >= 0.3 is 29.8 Å². The SMILES string of the molecule is CCOC(=O)C(=CN[C@]1(O)O[C@H](COC(=O)c2ccccc2)[C@H](O)[C@H](OC(=O)c2ccccc2)[C@H]1OC(=O)c1ccccc1)C(=O)OCC. The highest BCUT2D eigenvalue weighted by atomic mass is 16.7. The van der Waals surface area contributed by atoms with Gasteiger partial charge in [0.15, 0.2) is 11.7 Å². The van der Waals surface area contributed by atoms with Crippen LogP contribution < -0.4 is 5.32 Å². The minimum absolute atomic E-state index is 0.0145. The van der Waals surface area contributed by atoms with E-state index in [-0.39, 0.29) is 29.9 Å². The van der Waals surface area contributed by atoms with Crippen LogP contribution in [0.2, 0.25) is 0 Å². The first kappa shape index (κ1) is 36.3. The Labute approximate surface area is 281 Å². The fraction of sp³-hybridized carbons (Fsp3) is 0.286. The molecule has 0 aromatic heterocycles. The van der Waals surface area contributed by atoms with E-state index in [4.69, 9.17) is 28.4 Å². The van der Waals surface area contributed by atoms with Crippen LogP contribution in [0, 0.1) is 0 Å². The maximum Gasteiger partial charge on any atom is 0.347 e. The second-order valence-corrected chi connectivity index (χ2v) is 10.4. The molecule has 1 aliphatic rings. The third-order valence-corrected chi connectivity index (χ3v) is 7.03. The molecule has 0 radical (unpaired) electrons. The van der Waals surface area contributed by atoms with Gasteiger partial charge in [-0.05, 0) is 50.2 Å². The predicted molar refractivity (Wildman–Crippen MR) is 168 cm³/mol. The molecule has 0 bridgehead atoms. The molecule has 0 amide bonds. The minimum Gasteiger partial charge on any atom is -0.462 e. The molecule has 0 unspecified atom stereocenters. The van der Waals surface area contributed by atoms with Gasteiger partial charge in [0.25, 0.3) is 5.91 Å². The molecule has 3 aromatic carbocycles. The lowest BCUT2D eigenvalue weighted by atomic mass is 9.95. The van der Waals surface area contributed by atoms with Gasteiger partial charge in [0, 0.05) is 6.20 Å². The topological polar surface area (TPSA) is 193 Å². The molecule has 1 aliphatic heterocycles. The van der Waals surface area contributed by atoms with Crippen LogP contribution in [-0.2, 0) is 38.0 Å². The van der Waals surface area contributed by atoms with Crippen LogP contribution in [0.5, 0.6) is 0 Å². The molecule has 258 valence electrons. The molecule has 1 heterocycles. The minimum atomic E-state index is -2.96. The fourth-order valence-electron chi connectivity index (χ4n) is 4.64. The molecule has 0 aliphatic carbocycles. The summed E-state index contributed by atoms with van der Waals surface area (Å²) in [6.07, 6.45) is -6.79. The Morgan fingerprint density at radius 2 is 1.16 bits per heavy atom. The Bertz CT molecular complexity index is 1610. The Hall–Kier alpha value is -5.57. The number of aliphatic hydroxyl groups is 2. The van der Waals surface area contributed by atoms with Crippen molar-refractivity contribution in [3.05, 3.63) is 119 Å². The molecule has 14 heteroatoms. The third kappa shape index (κ3) is 9.28. The van der Waals surface area contributed by atoms with Crippen molar-refractivity contribution in [3.8, 4) is 0 Å². The number of hydrogen-bond acceptors (Lipinski definition) is 14. The highest BCUT2D eigenvalue weighted by Gasteiger charge is 2.58. The molecule has 14 nitrogen and oxygen atoms in total. The molecular weight excluding hydrogens is 642 g/mol. The summed E-state index contributed by atoms with van der Waals surface area (Å²) in [6, 6.07) is 23.0. The van der Waals surface area contributed by atoms with Crippen LogP contribution in [0.3, 0.4) is 0 Å². The predicted octanol–water partition coefficient (Wildman–Crippen LogP) is 2.30. The summed E-state index contributed by atoms with van der Waals surface area (Å²) in [6.45, 7) is 2.06. The van der Waals surface area contributed by atoms with Crippen molar-refractivity contribution >= 4 is 29.8 Å². The van der Waals surface area contributed by atoms with Crippen LogP contribution in [0.15, 0.2) is 103 Å². The Balaban J connectivity index is 1.76. The first-order valence-corrected chi connectivity index (χ1v) is 15.2. The quantitative estimate of drug-likeness (QED) is 0.0596. The monoisotopic (exact) mass is 677 g/mol. The van der Waals surface area contributed by atoms with Crippen LogP contribution in [0.1, 0.15) is 44.9 Å². The maximum atomic E-state index is 13.3. The van der Waals surface area contributed by atoms with E-state index in [1.54, 1.807) is 54.6 Å². The van der Waals surface area contributed by atoms with Gasteiger partial charge in [0.2, 0.25) is 6.10 Å². The summed E-state index contributed by atoms with van der Waals surface area (Å²) in [4.78, 5) is 64.7. The molecule has 49 heavy (non-hydrogen) atoms. The molecule has 0 saturated carbocycles. The molecule has 4 rings (SSSR count). The first-order valence-electron chi connectivity index (χ1n) is 15.2. The van der Waals surface area contributed by atoms with Crippen molar-refractivity contribution in [2.24, 2.45) is 0 Å². The van der Waals surface area contributed by atoms with Gasteiger partial charge in [0.05, 0.1) is 29.9 Å². The molecule has 1 fully saturated rings. The first-order chi connectivity index (χ1) is 23.6. The zero-order chi connectivity index (χ0) is 35.4. The maximum absolute atomic E-state index is 13.3. The Morgan fingerprint density at radius 3 is 1.63 bits per heavy atom. The van der Waals surface area contributed by atoms with Crippen LogP contribution in [0.4, 0.5) is 0 Å². The van der Waals surface area contributed by atoms with E-state index in [9.17, 15) is 34.2 Å². The number of benzene rings is 3. The number of carbonyl (C=O) groups is 5. The number of nitrogens with one attached hydrogen (secondary N) is 1. The van der Waals surface area contributed by atoms with Crippen molar-refractivity contribution in [2.45, 2.75) is 44.2 Å². The summed E-state index contributed by atoms with van der Waals surface area (Å²) >= 11 is 0. The van der Waals surface area contributed by atoms with Crippen molar-refractivity contribution < 1.29 is 62.6 Å². The number of esters is 5. The lowest BCUT2D eigenvalue weighted by Gasteiger charge is -2.47. The van der Waals surface area contributed by atoms with Crippen LogP contribution >= 0.6 is 0 Å². The molecule has 0 spiro atoms. The number of rotatable bonds is 13. The van der Waals surface area contributed by atoms with Crippen LogP contribution in [0.25, 0.3) is 0 Å². The average Bonchev–Trinajstić information content (AvgIpc) is 3.11. The Morgan fingerprint density at radius 1 is 0.714 bits per heavy atom. The molecule has 5 atom stereocenters. The molecule has 1 saturated heterocycles. The zero-order valence-electron chi connectivity index (χ0n) is 26.6. The van der Waals surface area contributed by atoms with Crippen molar-refractivity contribution in [3.63, 3.8) is 0 Å². The summed E-state index contributed by atoms with van der Waals surface area (Å²) in [7, 11) is 0. The number of aliphatic hydroxyl groups excluding tert-OH is 1. The highest BCUT2D eigenvalue weighted by molar-refractivity contribution is 6.14. The van der Waals surface area contributed by atoms with E-state index >= 15 is 0 Å². The van der Waals surface area contributed by atoms with Crippen LogP contribution in [-0.4, -0.2) is 90.2 Å². The van der Waals surface area contributed by atoms with Gasteiger partial charge in [-0.15, -0.1) is 0 Å². The van der Waals surface area contributed by atoms with Gasteiger partial charge in [0.1, 0.15) is 18.8 Å². The summed E-state index contributed by atoms with van der Waals surface area (Å²) in [5, 5.41) is 25.9. The average molecular weight is 678 g/mol. The molecular formula is C35H35NO13. The van der Waals surface area contributed by atoms with Gasteiger partial charge in [-0.2, -0.15) is 0 Å². The molecule has 3 N–H and O–H groups in total. The smallest absolute Gasteiger partial charge is 0.347 e. The van der Waals surface area contributed by atoms with Crippen molar-refractivity contribution in [2.75, 3.05) is 19.8 Å². The van der Waals surface area contributed by atoms with E-state index in [0.717, 1.165) is 0 Å². The number of hydrogen-bond donors (Lipinski definition) is 3. The normalized spacial score (nSPS) is 21.3. The van der Waals surface area contributed by atoms with Gasteiger partial charge < -0.3 is 44.0 Å². The van der Waals surface area contributed by atoms with E-state index in [0.29, 0.717) is 6.20 Å². The van der Waals surface area contributed by atoms with E-state index in [1.165, 1.54) is 50.2 Å².